The van der Waals surface area contributed by atoms with Crippen molar-refractivity contribution in [1.29, 1.82) is 0 Å². The molecule has 2 amide bonds. The van der Waals surface area contributed by atoms with Crippen LogP contribution in [0.25, 0.3) is 0 Å². The molecule has 1 aliphatic rings. The Labute approximate surface area is 184 Å². The van der Waals surface area contributed by atoms with Gasteiger partial charge in [-0.05, 0) is 49.2 Å². The van der Waals surface area contributed by atoms with E-state index in [9.17, 15) is 9.59 Å². The third-order valence-corrected chi connectivity index (χ3v) is 5.67. The zero-order valence-electron chi connectivity index (χ0n) is 18.6. The third-order valence-electron chi connectivity index (χ3n) is 5.67. The molecule has 7 nitrogen and oxygen atoms in total. The predicted molar refractivity (Wildman–Crippen MR) is 122 cm³/mol. The van der Waals surface area contributed by atoms with Gasteiger partial charge in [-0.2, -0.15) is 0 Å². The number of anilines is 1. The molecule has 1 saturated heterocycles. The molecule has 166 valence electrons. The first-order chi connectivity index (χ1) is 15.1. The zero-order chi connectivity index (χ0) is 22.2. The minimum Gasteiger partial charge on any atom is -0.453 e. The van der Waals surface area contributed by atoms with E-state index in [1.165, 1.54) is 7.11 Å². The Balaban J connectivity index is 1.92. The maximum Gasteiger partial charge on any atom is 0.411 e. The summed E-state index contributed by atoms with van der Waals surface area (Å²) in [7, 11) is 1.35. The van der Waals surface area contributed by atoms with Crippen molar-refractivity contribution in [2.75, 3.05) is 51.7 Å². The maximum atomic E-state index is 12.7. The van der Waals surface area contributed by atoms with E-state index in [0.29, 0.717) is 24.3 Å². The van der Waals surface area contributed by atoms with Gasteiger partial charge >= 0.3 is 6.09 Å². The van der Waals surface area contributed by atoms with Gasteiger partial charge in [0.2, 0.25) is 0 Å². The molecule has 2 aromatic carbocycles. The molecule has 1 fully saturated rings. The number of benzene rings is 2. The van der Waals surface area contributed by atoms with Crippen LogP contribution in [0.4, 0.5) is 10.5 Å². The van der Waals surface area contributed by atoms with Crippen LogP contribution < -0.4 is 10.6 Å². The summed E-state index contributed by atoms with van der Waals surface area (Å²) in [4.78, 5) is 28.6. The highest BCUT2D eigenvalue weighted by Crippen LogP contribution is 2.31. The second-order valence-corrected chi connectivity index (χ2v) is 7.53. The van der Waals surface area contributed by atoms with Crippen LogP contribution in [-0.4, -0.2) is 68.2 Å². The van der Waals surface area contributed by atoms with Crippen molar-refractivity contribution >= 4 is 17.7 Å². The Morgan fingerprint density at radius 1 is 1.06 bits per heavy atom. The lowest BCUT2D eigenvalue weighted by molar-refractivity contribution is 0.0773. The molecule has 7 heteroatoms. The zero-order valence-corrected chi connectivity index (χ0v) is 18.6. The minimum atomic E-state index is -0.491. The van der Waals surface area contributed by atoms with Gasteiger partial charge in [-0.1, -0.05) is 24.3 Å². The second-order valence-electron chi connectivity index (χ2n) is 7.53. The van der Waals surface area contributed by atoms with Gasteiger partial charge in [0, 0.05) is 50.5 Å². The molecule has 2 aromatic rings. The molecule has 0 unspecified atom stereocenters. The molecule has 0 radical (unpaired) electrons. The van der Waals surface area contributed by atoms with Gasteiger partial charge in [0.1, 0.15) is 0 Å². The lowest BCUT2D eigenvalue weighted by atomic mass is 9.95. The molecule has 0 aliphatic carbocycles. The van der Waals surface area contributed by atoms with E-state index in [-0.39, 0.29) is 11.9 Å². The fraction of sp³-hybridized carbons (Fsp3) is 0.417. The molecular formula is C24H32N4O3. The normalized spacial score (nSPS) is 15.2. The van der Waals surface area contributed by atoms with Crippen molar-refractivity contribution in [3.05, 3.63) is 65.2 Å². The van der Waals surface area contributed by atoms with Crippen LogP contribution in [0.5, 0.6) is 0 Å². The number of nitrogens with zero attached hydrogens (tertiary/aromatic N) is 2. The Bertz CT molecular complexity index is 875. The standard InChI is InChI=1S/C24H32N4O3/c1-4-27(5-2)23(29)19-11-9-18(10-12-19)22(28-15-13-25-14-16-28)20-7-6-8-21(17-20)26-24(30)31-3/h6-12,17,22,25H,4-5,13-16H2,1-3H3,(H,26,30)/t22-/m0/s1. The average Bonchev–Trinajstić information content (AvgIpc) is 2.81. The number of hydrogen-bond acceptors (Lipinski definition) is 5. The number of amides is 2. The number of nitrogens with one attached hydrogen (secondary N) is 2. The largest absolute Gasteiger partial charge is 0.453 e. The van der Waals surface area contributed by atoms with Crippen molar-refractivity contribution in [2.45, 2.75) is 19.9 Å². The van der Waals surface area contributed by atoms with E-state index < -0.39 is 6.09 Å². The van der Waals surface area contributed by atoms with E-state index >= 15 is 0 Å². The van der Waals surface area contributed by atoms with Gasteiger partial charge in [-0.25, -0.2) is 4.79 Å². The van der Waals surface area contributed by atoms with Crippen molar-refractivity contribution in [3.63, 3.8) is 0 Å². The summed E-state index contributed by atoms with van der Waals surface area (Å²) in [6.45, 7) is 9.06. The number of carbonyl (C=O) groups excluding carboxylic acids is 2. The van der Waals surface area contributed by atoms with Gasteiger partial charge < -0.3 is 15.0 Å². The molecule has 0 saturated carbocycles. The predicted octanol–water partition coefficient (Wildman–Crippen LogP) is 3.34. The molecular weight excluding hydrogens is 392 g/mol. The molecule has 0 spiro atoms. The fourth-order valence-electron chi connectivity index (χ4n) is 4.01. The van der Waals surface area contributed by atoms with Crippen LogP contribution in [0.2, 0.25) is 0 Å². The van der Waals surface area contributed by atoms with Crippen LogP contribution in [-0.2, 0) is 4.74 Å². The van der Waals surface area contributed by atoms with Crippen LogP contribution in [0.1, 0.15) is 41.4 Å². The van der Waals surface area contributed by atoms with Crippen LogP contribution >= 0.6 is 0 Å². The molecule has 1 atom stereocenters. The molecule has 0 bridgehead atoms. The van der Waals surface area contributed by atoms with Crippen molar-refractivity contribution in [2.24, 2.45) is 0 Å². The minimum absolute atomic E-state index is 0.0269. The first-order valence-electron chi connectivity index (χ1n) is 10.9. The molecule has 0 aromatic heterocycles. The third kappa shape index (κ3) is 5.62. The van der Waals surface area contributed by atoms with Crippen molar-refractivity contribution < 1.29 is 14.3 Å². The maximum absolute atomic E-state index is 12.7. The quantitative estimate of drug-likeness (QED) is 0.713. The highest BCUT2D eigenvalue weighted by molar-refractivity contribution is 5.94. The number of rotatable bonds is 7. The average molecular weight is 425 g/mol. The lowest BCUT2D eigenvalue weighted by Gasteiger charge is -2.36. The Hall–Kier alpha value is -2.90. The summed E-state index contributed by atoms with van der Waals surface area (Å²) in [5.74, 6) is 0.0551. The van der Waals surface area contributed by atoms with Gasteiger partial charge in [0.05, 0.1) is 13.2 Å². The smallest absolute Gasteiger partial charge is 0.411 e. The Morgan fingerprint density at radius 3 is 2.35 bits per heavy atom. The first kappa shape index (κ1) is 22.8. The van der Waals surface area contributed by atoms with Crippen LogP contribution in [0.15, 0.2) is 48.5 Å². The fourth-order valence-corrected chi connectivity index (χ4v) is 4.01. The van der Waals surface area contributed by atoms with E-state index in [2.05, 4.69) is 21.6 Å². The first-order valence-corrected chi connectivity index (χ1v) is 10.9. The highest BCUT2D eigenvalue weighted by Gasteiger charge is 2.25. The number of ether oxygens (including phenoxy) is 1. The van der Waals surface area contributed by atoms with Crippen molar-refractivity contribution in [3.8, 4) is 0 Å². The summed E-state index contributed by atoms with van der Waals surface area (Å²) in [6, 6.07) is 15.8. The van der Waals surface area contributed by atoms with Gasteiger partial charge in [0.25, 0.3) is 5.91 Å². The lowest BCUT2D eigenvalue weighted by Crippen LogP contribution is -2.45. The van der Waals surface area contributed by atoms with Gasteiger partial charge in [0.15, 0.2) is 0 Å². The monoisotopic (exact) mass is 424 g/mol. The highest BCUT2D eigenvalue weighted by atomic mass is 16.5. The summed E-state index contributed by atoms with van der Waals surface area (Å²) < 4.78 is 4.72. The topological polar surface area (TPSA) is 73.9 Å². The molecule has 2 N–H and O–H groups in total. The SMILES string of the molecule is CCN(CC)C(=O)c1ccc([C@@H](c2cccc(NC(=O)OC)c2)N2CCNCC2)cc1. The van der Waals surface area contributed by atoms with Crippen LogP contribution in [0.3, 0.4) is 0 Å². The molecule has 1 aliphatic heterocycles. The van der Waals surface area contributed by atoms with E-state index in [1.807, 2.05) is 61.2 Å². The number of methoxy groups -OCH3 is 1. The van der Waals surface area contributed by atoms with E-state index in [1.54, 1.807) is 0 Å². The second kappa shape index (κ2) is 10.9. The van der Waals surface area contributed by atoms with E-state index in [4.69, 9.17) is 4.74 Å². The number of piperazine rings is 1. The number of hydrogen-bond donors (Lipinski definition) is 2. The summed E-state index contributed by atoms with van der Waals surface area (Å²) >= 11 is 0. The molecule has 1 heterocycles. The molecule has 31 heavy (non-hydrogen) atoms. The summed E-state index contributed by atoms with van der Waals surface area (Å²) in [5, 5.41) is 6.15. The van der Waals surface area contributed by atoms with Gasteiger partial charge in [-0.15, -0.1) is 0 Å². The summed E-state index contributed by atoms with van der Waals surface area (Å²) in [5.41, 5.74) is 3.59. The van der Waals surface area contributed by atoms with Crippen LogP contribution in [0, 0.1) is 0 Å². The Kier molecular flexibility index (Phi) is 8.03. The van der Waals surface area contributed by atoms with Gasteiger partial charge in [-0.3, -0.25) is 15.0 Å². The van der Waals surface area contributed by atoms with Crippen molar-refractivity contribution in [1.82, 2.24) is 15.1 Å². The Morgan fingerprint density at radius 2 is 1.74 bits per heavy atom. The van der Waals surface area contributed by atoms with E-state index in [0.717, 1.165) is 37.3 Å². The summed E-state index contributed by atoms with van der Waals surface area (Å²) in [6.07, 6.45) is -0.491. The number of carbonyl (C=O) groups is 2. The molecule has 3 rings (SSSR count).